The number of hydrogen-bond donors (Lipinski definition) is 2. The zero-order valence-electron chi connectivity index (χ0n) is 25.3. The Morgan fingerprint density at radius 1 is 0.949 bits per heavy atom. The molecular weight excluding hydrogens is 490 g/mol. The Kier molecular flexibility index (Phi) is 11.1. The lowest BCUT2D eigenvalue weighted by Crippen LogP contribution is -2.55. The number of hydrogen-bond acceptors (Lipinski definition) is 4. The van der Waals surface area contributed by atoms with Crippen molar-refractivity contribution in [1.82, 2.24) is 10.2 Å². The monoisotopic (exact) mass is 537 g/mol. The highest BCUT2D eigenvalue weighted by Crippen LogP contribution is 2.30. The zero-order valence-corrected chi connectivity index (χ0v) is 25.3. The van der Waals surface area contributed by atoms with E-state index in [0.717, 1.165) is 22.4 Å². The van der Waals surface area contributed by atoms with Gasteiger partial charge in [0.15, 0.2) is 0 Å². The van der Waals surface area contributed by atoms with Crippen molar-refractivity contribution in [2.75, 3.05) is 5.32 Å². The average molecular weight is 538 g/mol. The molecule has 2 aromatic rings. The molecule has 0 aromatic heterocycles. The predicted molar refractivity (Wildman–Crippen MR) is 158 cm³/mol. The van der Waals surface area contributed by atoms with Crippen molar-refractivity contribution in [2.45, 2.75) is 106 Å². The average Bonchev–Trinajstić information content (AvgIpc) is 2.82. The molecule has 0 saturated heterocycles. The van der Waals surface area contributed by atoms with Gasteiger partial charge in [0.1, 0.15) is 17.7 Å². The zero-order chi connectivity index (χ0) is 29.5. The van der Waals surface area contributed by atoms with Crippen LogP contribution in [0, 0.1) is 26.7 Å². The number of nitrogens with zero attached hydrogens (tertiary/aromatic N) is 1. The lowest BCUT2D eigenvalue weighted by atomic mass is 9.96. The standard InChI is InChI=1S/C32H47N3O4/c1-11-24(7)35(30(37)26(18-20(2)3)33-31(38)39-32(8,9)10)28(25-17-12-14-21(4)19-25)29(36)34-27-22(5)15-13-16-23(27)6/h12-17,19-20,24,26,28H,11,18H2,1-10H3,(H,33,38)(H,34,36). The van der Waals surface area contributed by atoms with E-state index in [0.29, 0.717) is 18.4 Å². The largest absolute Gasteiger partial charge is 0.444 e. The summed E-state index contributed by atoms with van der Waals surface area (Å²) in [7, 11) is 0. The minimum Gasteiger partial charge on any atom is -0.444 e. The van der Waals surface area contributed by atoms with Crippen LogP contribution >= 0.6 is 0 Å². The highest BCUT2D eigenvalue weighted by Gasteiger charge is 2.39. The van der Waals surface area contributed by atoms with E-state index >= 15 is 0 Å². The van der Waals surface area contributed by atoms with Crippen LogP contribution in [0.5, 0.6) is 0 Å². The third kappa shape index (κ3) is 9.12. The van der Waals surface area contributed by atoms with Crippen LogP contribution in [0.3, 0.4) is 0 Å². The minimum absolute atomic E-state index is 0.119. The molecule has 0 heterocycles. The number of carbonyl (C=O) groups excluding carboxylic acids is 3. The van der Waals surface area contributed by atoms with Gasteiger partial charge in [-0.2, -0.15) is 0 Å². The normalized spacial score (nSPS) is 13.8. The molecule has 0 saturated carbocycles. The molecule has 2 N–H and O–H groups in total. The smallest absolute Gasteiger partial charge is 0.408 e. The van der Waals surface area contributed by atoms with Crippen LogP contribution in [0.4, 0.5) is 10.5 Å². The Morgan fingerprint density at radius 2 is 1.54 bits per heavy atom. The molecule has 2 rings (SSSR count). The highest BCUT2D eigenvalue weighted by atomic mass is 16.6. The fraction of sp³-hybridized carbons (Fsp3) is 0.531. The van der Waals surface area contributed by atoms with E-state index in [1.807, 2.05) is 90.9 Å². The van der Waals surface area contributed by atoms with Crippen molar-refractivity contribution in [2.24, 2.45) is 5.92 Å². The summed E-state index contributed by atoms with van der Waals surface area (Å²) in [6.07, 6.45) is 0.382. The lowest BCUT2D eigenvalue weighted by molar-refractivity contribution is -0.143. The second-order valence-electron chi connectivity index (χ2n) is 11.9. The molecule has 0 radical (unpaired) electrons. The van der Waals surface area contributed by atoms with Gasteiger partial charge in [-0.3, -0.25) is 9.59 Å². The number of amides is 3. The van der Waals surface area contributed by atoms with Gasteiger partial charge in [0.05, 0.1) is 0 Å². The first-order valence-corrected chi connectivity index (χ1v) is 13.9. The van der Waals surface area contributed by atoms with Crippen molar-refractivity contribution in [3.63, 3.8) is 0 Å². The SMILES string of the molecule is CCC(C)N(C(=O)C(CC(C)C)NC(=O)OC(C)(C)C)C(C(=O)Nc1c(C)cccc1C)c1cccc(C)c1. The fourth-order valence-electron chi connectivity index (χ4n) is 4.60. The summed E-state index contributed by atoms with van der Waals surface area (Å²) >= 11 is 0. The Balaban J connectivity index is 2.61. The van der Waals surface area contributed by atoms with Gasteiger partial charge in [0.2, 0.25) is 5.91 Å². The Hall–Kier alpha value is -3.35. The molecule has 7 heteroatoms. The number of benzene rings is 2. The van der Waals surface area contributed by atoms with Crippen molar-refractivity contribution in [3.8, 4) is 0 Å². The first-order valence-electron chi connectivity index (χ1n) is 13.9. The van der Waals surface area contributed by atoms with Crippen LogP contribution in [0.15, 0.2) is 42.5 Å². The maximum atomic E-state index is 14.3. The number of nitrogens with one attached hydrogen (secondary N) is 2. The molecule has 2 aromatic carbocycles. The van der Waals surface area contributed by atoms with Crippen LogP contribution in [0.1, 0.15) is 89.6 Å². The Bertz CT molecular complexity index is 1130. The van der Waals surface area contributed by atoms with Crippen molar-refractivity contribution in [1.29, 1.82) is 0 Å². The number of para-hydroxylation sites is 1. The van der Waals surface area contributed by atoms with Gasteiger partial charge in [-0.05, 0) is 83.9 Å². The summed E-state index contributed by atoms with van der Waals surface area (Å²) in [6, 6.07) is 11.5. The van der Waals surface area contributed by atoms with Gasteiger partial charge < -0.3 is 20.3 Å². The summed E-state index contributed by atoms with van der Waals surface area (Å²) in [5.41, 5.74) is 3.62. The van der Waals surface area contributed by atoms with E-state index in [1.54, 1.807) is 25.7 Å². The van der Waals surface area contributed by atoms with Crippen LogP contribution in [-0.2, 0) is 14.3 Å². The second-order valence-corrected chi connectivity index (χ2v) is 11.9. The van der Waals surface area contributed by atoms with E-state index in [1.165, 1.54) is 0 Å². The Morgan fingerprint density at radius 3 is 2.05 bits per heavy atom. The molecule has 3 unspecified atom stereocenters. The quantitative estimate of drug-likeness (QED) is 0.347. The van der Waals surface area contributed by atoms with Crippen LogP contribution < -0.4 is 10.6 Å². The molecule has 3 amide bonds. The summed E-state index contributed by atoms with van der Waals surface area (Å²) in [6.45, 7) is 19.1. The lowest BCUT2D eigenvalue weighted by Gasteiger charge is -2.38. The molecule has 7 nitrogen and oxygen atoms in total. The van der Waals surface area contributed by atoms with E-state index < -0.39 is 23.8 Å². The van der Waals surface area contributed by atoms with Crippen LogP contribution in [0.25, 0.3) is 0 Å². The first kappa shape index (κ1) is 31.9. The van der Waals surface area contributed by atoms with Gasteiger partial charge in [-0.1, -0.05) is 68.8 Å². The topological polar surface area (TPSA) is 87.7 Å². The minimum atomic E-state index is -0.901. The van der Waals surface area contributed by atoms with E-state index in [-0.39, 0.29) is 23.8 Å². The molecule has 0 fully saturated rings. The van der Waals surface area contributed by atoms with E-state index in [4.69, 9.17) is 4.74 Å². The van der Waals surface area contributed by atoms with Crippen molar-refractivity contribution >= 4 is 23.6 Å². The van der Waals surface area contributed by atoms with Gasteiger partial charge >= 0.3 is 6.09 Å². The van der Waals surface area contributed by atoms with Crippen LogP contribution in [-0.4, -0.2) is 40.5 Å². The third-order valence-electron chi connectivity index (χ3n) is 6.63. The fourth-order valence-corrected chi connectivity index (χ4v) is 4.60. The summed E-state index contributed by atoms with van der Waals surface area (Å²) in [5.74, 6) is -0.493. The maximum absolute atomic E-state index is 14.3. The van der Waals surface area contributed by atoms with E-state index in [2.05, 4.69) is 10.6 Å². The van der Waals surface area contributed by atoms with Crippen molar-refractivity contribution < 1.29 is 19.1 Å². The summed E-state index contributed by atoms with van der Waals surface area (Å²) in [5, 5.41) is 5.92. The first-order chi connectivity index (χ1) is 18.1. The van der Waals surface area contributed by atoms with Crippen LogP contribution in [0.2, 0.25) is 0 Å². The molecule has 214 valence electrons. The molecular formula is C32H47N3O4. The summed E-state index contributed by atoms with van der Waals surface area (Å²) < 4.78 is 5.48. The number of rotatable bonds is 10. The van der Waals surface area contributed by atoms with Gasteiger partial charge in [0.25, 0.3) is 5.91 Å². The number of anilines is 1. The highest BCUT2D eigenvalue weighted by molar-refractivity contribution is 6.00. The molecule has 0 aliphatic rings. The third-order valence-corrected chi connectivity index (χ3v) is 6.63. The molecule has 0 bridgehead atoms. The number of alkyl carbamates (subject to hydrolysis) is 1. The number of carbonyl (C=O) groups is 3. The maximum Gasteiger partial charge on any atom is 0.408 e. The van der Waals surface area contributed by atoms with E-state index in [9.17, 15) is 14.4 Å². The van der Waals surface area contributed by atoms with Gasteiger partial charge in [-0.25, -0.2) is 4.79 Å². The summed E-state index contributed by atoms with van der Waals surface area (Å²) in [4.78, 5) is 42.9. The molecule has 3 atom stereocenters. The molecule has 0 aliphatic carbocycles. The second kappa shape index (κ2) is 13.6. The number of aryl methyl sites for hydroxylation is 3. The van der Waals surface area contributed by atoms with Gasteiger partial charge in [0, 0.05) is 11.7 Å². The number of ether oxygens (including phenoxy) is 1. The molecule has 0 spiro atoms. The van der Waals surface area contributed by atoms with Gasteiger partial charge in [-0.15, -0.1) is 0 Å². The molecule has 0 aliphatic heterocycles. The predicted octanol–water partition coefficient (Wildman–Crippen LogP) is 6.86. The Labute approximate surface area is 234 Å². The van der Waals surface area contributed by atoms with Crippen molar-refractivity contribution in [3.05, 3.63) is 64.7 Å². The molecule has 39 heavy (non-hydrogen) atoms.